The van der Waals surface area contributed by atoms with Gasteiger partial charge >= 0.3 is 6.18 Å². The van der Waals surface area contributed by atoms with Crippen LogP contribution < -0.4 is 0 Å². The number of piperidine rings is 1. The highest BCUT2D eigenvalue weighted by Crippen LogP contribution is 2.42. The normalized spacial score (nSPS) is 14.6. The minimum Gasteiger partial charge on any atom is -0.342 e. The Morgan fingerprint density at radius 2 is 1.64 bits per heavy atom. The average molecular weight is 573 g/mol. The van der Waals surface area contributed by atoms with Gasteiger partial charge in [0.25, 0.3) is 0 Å². The van der Waals surface area contributed by atoms with Crippen molar-refractivity contribution in [2.45, 2.75) is 38.3 Å². The van der Waals surface area contributed by atoms with E-state index in [1.807, 2.05) is 31.2 Å². The highest BCUT2D eigenvalue weighted by Gasteiger charge is 2.35. The van der Waals surface area contributed by atoms with Crippen LogP contribution in [0.1, 0.15) is 40.5 Å². The highest BCUT2D eigenvalue weighted by molar-refractivity contribution is 7.15. The third-order valence-corrected chi connectivity index (χ3v) is 8.51. The van der Waals surface area contributed by atoms with E-state index in [1.165, 1.54) is 0 Å². The maximum absolute atomic E-state index is 13.7. The lowest BCUT2D eigenvalue weighted by atomic mass is 9.96. The lowest BCUT2D eigenvalue weighted by Gasteiger charge is -2.31. The van der Waals surface area contributed by atoms with Crippen LogP contribution in [0, 0.1) is 12.7 Å². The maximum Gasteiger partial charge on any atom is 0.416 e. The molecule has 1 aliphatic heterocycles. The number of nitrogens with zero attached hydrogens (tertiary/aromatic N) is 2. The van der Waals surface area contributed by atoms with Gasteiger partial charge in [-0.25, -0.2) is 9.37 Å². The van der Waals surface area contributed by atoms with Crippen LogP contribution in [0.5, 0.6) is 0 Å². The quantitative estimate of drug-likeness (QED) is 0.224. The van der Waals surface area contributed by atoms with Gasteiger partial charge in [0.1, 0.15) is 5.82 Å². The Hall–Kier alpha value is -3.23. The first-order valence-electron chi connectivity index (χ1n) is 12.6. The molecular weight excluding hydrogens is 548 g/mol. The van der Waals surface area contributed by atoms with E-state index in [9.17, 15) is 22.4 Å². The minimum atomic E-state index is -4.65. The molecule has 5 rings (SSSR count). The number of alkyl halides is 3. The molecule has 0 atom stereocenters. The van der Waals surface area contributed by atoms with Crippen LogP contribution >= 0.6 is 22.9 Å². The summed E-state index contributed by atoms with van der Waals surface area (Å²) in [7, 11) is 0. The van der Waals surface area contributed by atoms with Gasteiger partial charge in [0.05, 0.1) is 27.6 Å². The number of hydrogen-bond donors (Lipinski definition) is 0. The second-order valence-electron chi connectivity index (χ2n) is 9.73. The Bertz CT molecular complexity index is 1410. The fraction of sp³-hybridized carbons (Fsp3) is 0.267. The van der Waals surface area contributed by atoms with Crippen molar-refractivity contribution in [2.75, 3.05) is 13.1 Å². The summed E-state index contributed by atoms with van der Waals surface area (Å²) in [4.78, 5) is 20.5. The van der Waals surface area contributed by atoms with Crippen LogP contribution in [-0.4, -0.2) is 28.9 Å². The van der Waals surface area contributed by atoms with Gasteiger partial charge in [0.2, 0.25) is 5.91 Å². The van der Waals surface area contributed by atoms with E-state index in [0.717, 1.165) is 44.4 Å². The van der Waals surface area contributed by atoms with Gasteiger partial charge in [-0.3, -0.25) is 4.79 Å². The number of hydrogen-bond acceptors (Lipinski definition) is 3. The van der Waals surface area contributed by atoms with Crippen LogP contribution in [-0.2, 0) is 17.4 Å². The van der Waals surface area contributed by atoms with Gasteiger partial charge in [0.15, 0.2) is 0 Å². The molecular formula is C30H25ClF4N2OS. The summed E-state index contributed by atoms with van der Waals surface area (Å²) in [6.07, 6.45) is -3.87. The summed E-state index contributed by atoms with van der Waals surface area (Å²) in [6, 6.07) is 18.1. The van der Waals surface area contributed by atoms with Crippen molar-refractivity contribution in [3.05, 3.63) is 99.3 Å². The standard InChI is InChI=1S/C30H25ClF4N2OS/c1-18-2-4-20(5-3-18)28-27(19-6-8-23(31)9-7-19)36-29(39-28)21-12-14-37(15-13-21)26(38)17-22-16-24(32)10-11-25(22)30(33,34)35/h2-11,16,21H,12-15,17H2,1H3. The third-order valence-electron chi connectivity index (χ3n) is 6.99. The number of benzene rings is 3. The van der Waals surface area contributed by atoms with Crippen molar-refractivity contribution >= 4 is 28.8 Å². The van der Waals surface area contributed by atoms with Crippen LogP contribution in [0.15, 0.2) is 66.7 Å². The number of rotatable bonds is 5. The molecule has 3 aromatic carbocycles. The maximum atomic E-state index is 13.7. The summed E-state index contributed by atoms with van der Waals surface area (Å²) < 4.78 is 53.8. The molecule has 2 heterocycles. The lowest BCUT2D eigenvalue weighted by Crippen LogP contribution is -2.39. The van der Waals surface area contributed by atoms with Crippen LogP contribution in [0.4, 0.5) is 17.6 Å². The number of aromatic nitrogens is 1. The van der Waals surface area contributed by atoms with Gasteiger partial charge in [-0.2, -0.15) is 13.2 Å². The summed E-state index contributed by atoms with van der Waals surface area (Å²) in [5.74, 6) is -1.12. The number of halogens is 5. The van der Waals surface area contributed by atoms with Gasteiger partial charge in [-0.1, -0.05) is 53.6 Å². The molecule has 0 saturated carbocycles. The summed E-state index contributed by atoms with van der Waals surface area (Å²) in [6.45, 7) is 2.83. The zero-order valence-corrected chi connectivity index (χ0v) is 22.6. The summed E-state index contributed by atoms with van der Waals surface area (Å²) >= 11 is 7.73. The lowest BCUT2D eigenvalue weighted by molar-refractivity contribution is -0.138. The van der Waals surface area contributed by atoms with E-state index < -0.39 is 29.9 Å². The molecule has 0 spiro atoms. The van der Waals surface area contributed by atoms with Crippen molar-refractivity contribution in [1.82, 2.24) is 9.88 Å². The molecule has 0 N–H and O–H groups in total. The van der Waals surface area contributed by atoms with Crippen molar-refractivity contribution in [1.29, 1.82) is 0 Å². The van der Waals surface area contributed by atoms with Gasteiger partial charge < -0.3 is 4.90 Å². The van der Waals surface area contributed by atoms with Crippen LogP contribution in [0.2, 0.25) is 5.02 Å². The van der Waals surface area contributed by atoms with Crippen LogP contribution in [0.25, 0.3) is 21.7 Å². The number of carbonyl (C=O) groups is 1. The van der Waals surface area contributed by atoms with Crippen molar-refractivity contribution < 1.29 is 22.4 Å². The van der Waals surface area contributed by atoms with Crippen molar-refractivity contribution in [3.63, 3.8) is 0 Å². The van der Waals surface area contributed by atoms with E-state index in [0.29, 0.717) is 37.0 Å². The zero-order chi connectivity index (χ0) is 27.7. The average Bonchev–Trinajstić information content (AvgIpc) is 3.34. The Balaban J connectivity index is 1.34. The molecule has 202 valence electrons. The molecule has 4 aromatic rings. The molecule has 1 fully saturated rings. The molecule has 0 aliphatic carbocycles. The largest absolute Gasteiger partial charge is 0.416 e. The molecule has 9 heteroatoms. The molecule has 1 aromatic heterocycles. The van der Waals surface area contributed by atoms with Gasteiger partial charge in [-0.15, -0.1) is 11.3 Å². The number of carbonyl (C=O) groups excluding carboxylic acids is 1. The van der Waals surface area contributed by atoms with Crippen LogP contribution in [0.3, 0.4) is 0 Å². The fourth-order valence-corrected chi connectivity index (χ4v) is 6.24. The monoisotopic (exact) mass is 572 g/mol. The first kappa shape index (κ1) is 27.3. The molecule has 1 amide bonds. The predicted molar refractivity (Wildman–Crippen MR) is 146 cm³/mol. The van der Waals surface area contributed by atoms with E-state index in [2.05, 4.69) is 24.3 Å². The van der Waals surface area contributed by atoms with E-state index in [-0.39, 0.29) is 11.5 Å². The predicted octanol–water partition coefficient (Wildman–Crippen LogP) is 8.55. The highest BCUT2D eigenvalue weighted by atomic mass is 35.5. The second-order valence-corrected chi connectivity index (χ2v) is 11.2. The Morgan fingerprint density at radius 1 is 1.00 bits per heavy atom. The molecule has 1 aliphatic rings. The first-order chi connectivity index (χ1) is 18.6. The topological polar surface area (TPSA) is 33.2 Å². The van der Waals surface area contributed by atoms with E-state index >= 15 is 0 Å². The first-order valence-corrected chi connectivity index (χ1v) is 13.7. The molecule has 39 heavy (non-hydrogen) atoms. The minimum absolute atomic E-state index is 0.115. The molecule has 0 unspecified atom stereocenters. The smallest absolute Gasteiger partial charge is 0.342 e. The Morgan fingerprint density at radius 3 is 2.28 bits per heavy atom. The molecule has 3 nitrogen and oxygen atoms in total. The molecule has 0 radical (unpaired) electrons. The number of likely N-dealkylation sites (tertiary alicyclic amines) is 1. The van der Waals surface area contributed by atoms with Gasteiger partial charge in [0, 0.05) is 29.6 Å². The van der Waals surface area contributed by atoms with Crippen molar-refractivity contribution in [2.24, 2.45) is 0 Å². The third kappa shape index (κ3) is 6.17. The fourth-order valence-electron chi connectivity index (χ4n) is 4.85. The number of thiazole rings is 1. The number of amides is 1. The van der Waals surface area contributed by atoms with Gasteiger partial charge in [-0.05, 0) is 61.2 Å². The summed E-state index contributed by atoms with van der Waals surface area (Å²) in [5, 5.41) is 1.61. The number of aryl methyl sites for hydroxylation is 1. The molecule has 1 saturated heterocycles. The Kier molecular flexibility index (Phi) is 7.78. The second kappa shape index (κ2) is 11.1. The Labute approximate surface area is 233 Å². The van der Waals surface area contributed by atoms with Crippen molar-refractivity contribution in [3.8, 4) is 21.7 Å². The summed E-state index contributed by atoms with van der Waals surface area (Å²) in [5.41, 5.74) is 2.74. The van der Waals surface area contributed by atoms with E-state index in [4.69, 9.17) is 16.6 Å². The molecule has 0 bridgehead atoms. The SMILES string of the molecule is Cc1ccc(-c2sc(C3CCN(C(=O)Cc4cc(F)ccc4C(F)(F)F)CC3)nc2-c2ccc(Cl)cc2)cc1. The van der Waals surface area contributed by atoms with E-state index in [1.54, 1.807) is 16.2 Å². The zero-order valence-electron chi connectivity index (χ0n) is 21.1.